The standard InChI is InChI=1S/C26H30N4O4/c1-25(2)11-16-5-6-17(10-20(16)34-25)30-23(31)26(3,4)29(24(30)32)12-15-7-8-27-21(9-15)28-22-18-13-33-14-19(18)22/h5-10,18-19,22H,11-14H2,1-4H3,(H,27,28). The molecule has 8 heteroatoms. The minimum atomic E-state index is -0.974. The Balaban J connectivity index is 1.22. The number of nitrogens with one attached hydrogen (secondary N) is 1. The third-order valence-corrected chi connectivity index (χ3v) is 7.57. The van der Waals surface area contributed by atoms with Crippen LogP contribution in [-0.2, 0) is 22.5 Å². The van der Waals surface area contributed by atoms with Crippen LogP contribution < -0.4 is 15.0 Å². The molecular formula is C26H30N4O4. The number of benzene rings is 1. The van der Waals surface area contributed by atoms with Gasteiger partial charge in [-0.1, -0.05) is 6.07 Å². The summed E-state index contributed by atoms with van der Waals surface area (Å²) in [4.78, 5) is 34.3. The molecular weight excluding hydrogens is 432 g/mol. The summed E-state index contributed by atoms with van der Waals surface area (Å²) in [6.45, 7) is 9.59. The van der Waals surface area contributed by atoms with Crippen molar-refractivity contribution in [1.29, 1.82) is 0 Å². The highest BCUT2D eigenvalue weighted by atomic mass is 16.5. The van der Waals surface area contributed by atoms with E-state index in [1.807, 2.05) is 44.2 Å². The summed E-state index contributed by atoms with van der Waals surface area (Å²) >= 11 is 0. The Labute approximate surface area is 199 Å². The second kappa shape index (κ2) is 7.18. The van der Waals surface area contributed by atoms with Crippen molar-refractivity contribution in [1.82, 2.24) is 9.88 Å². The lowest BCUT2D eigenvalue weighted by molar-refractivity contribution is -0.123. The molecule has 1 aliphatic carbocycles. The molecule has 2 atom stereocenters. The van der Waals surface area contributed by atoms with Crippen LogP contribution in [0.2, 0.25) is 0 Å². The van der Waals surface area contributed by atoms with E-state index in [9.17, 15) is 9.59 Å². The van der Waals surface area contributed by atoms with E-state index >= 15 is 0 Å². The molecule has 0 bridgehead atoms. The van der Waals surface area contributed by atoms with Gasteiger partial charge in [0, 0.05) is 43.1 Å². The number of fused-ring (bicyclic) bond motifs is 2. The predicted molar refractivity (Wildman–Crippen MR) is 127 cm³/mol. The number of carbonyl (C=O) groups excluding carboxylic acids is 2. The zero-order valence-corrected chi connectivity index (χ0v) is 20.0. The highest BCUT2D eigenvalue weighted by Gasteiger charge is 2.54. The Hall–Kier alpha value is -3.13. The Bertz CT molecular complexity index is 1180. The van der Waals surface area contributed by atoms with Crippen LogP contribution in [-0.4, -0.2) is 52.2 Å². The molecule has 2 unspecified atom stereocenters. The van der Waals surface area contributed by atoms with Gasteiger partial charge < -0.3 is 19.7 Å². The van der Waals surface area contributed by atoms with Crippen molar-refractivity contribution >= 4 is 23.4 Å². The van der Waals surface area contributed by atoms with Crippen LogP contribution in [0.1, 0.15) is 38.8 Å². The highest BCUT2D eigenvalue weighted by molar-refractivity contribution is 6.23. The van der Waals surface area contributed by atoms with Crippen LogP contribution in [0.4, 0.5) is 16.3 Å². The fourth-order valence-corrected chi connectivity index (χ4v) is 5.50. The van der Waals surface area contributed by atoms with E-state index in [1.165, 1.54) is 4.90 Å². The van der Waals surface area contributed by atoms with Crippen LogP contribution in [0, 0.1) is 11.8 Å². The van der Waals surface area contributed by atoms with Crippen molar-refractivity contribution in [2.45, 2.75) is 57.8 Å². The number of imide groups is 1. The second-order valence-electron chi connectivity index (χ2n) is 11.0. The maximum Gasteiger partial charge on any atom is 0.332 e. The van der Waals surface area contributed by atoms with Gasteiger partial charge in [0.05, 0.1) is 18.9 Å². The summed E-state index contributed by atoms with van der Waals surface area (Å²) in [7, 11) is 0. The Kier molecular flexibility index (Phi) is 4.52. The Morgan fingerprint density at radius 1 is 1.09 bits per heavy atom. The van der Waals surface area contributed by atoms with E-state index < -0.39 is 5.54 Å². The van der Waals surface area contributed by atoms with Crippen molar-refractivity contribution in [3.8, 4) is 5.75 Å². The zero-order valence-electron chi connectivity index (χ0n) is 20.0. The first kappa shape index (κ1) is 21.4. The van der Waals surface area contributed by atoms with Crippen molar-refractivity contribution in [2.24, 2.45) is 11.8 Å². The molecule has 1 N–H and O–H groups in total. The average molecular weight is 463 g/mol. The molecule has 8 nitrogen and oxygen atoms in total. The highest BCUT2D eigenvalue weighted by Crippen LogP contribution is 2.46. The molecule has 3 amide bonds. The van der Waals surface area contributed by atoms with Crippen LogP contribution in [0.15, 0.2) is 36.5 Å². The molecule has 0 spiro atoms. The number of amides is 3. The molecule has 4 aliphatic rings. The first-order valence-electron chi connectivity index (χ1n) is 11.9. The second-order valence-corrected chi connectivity index (χ2v) is 11.0. The molecule has 1 saturated carbocycles. The SMILES string of the molecule is CC1(C)Cc2ccc(N3C(=O)N(Cc4ccnc(NC5C6COCC65)c4)C(C)(C)C3=O)cc2O1. The predicted octanol–water partition coefficient (Wildman–Crippen LogP) is 3.60. The maximum absolute atomic E-state index is 13.5. The Morgan fingerprint density at radius 3 is 2.62 bits per heavy atom. The fourth-order valence-electron chi connectivity index (χ4n) is 5.50. The summed E-state index contributed by atoms with van der Waals surface area (Å²) in [5.41, 5.74) is 1.30. The first-order chi connectivity index (χ1) is 16.1. The molecule has 1 aromatic heterocycles. The number of ether oxygens (including phenoxy) is 2. The van der Waals surface area contributed by atoms with Crippen molar-refractivity contribution in [2.75, 3.05) is 23.4 Å². The van der Waals surface area contributed by atoms with E-state index in [2.05, 4.69) is 10.3 Å². The number of aromatic nitrogens is 1. The maximum atomic E-state index is 13.5. The van der Waals surface area contributed by atoms with E-state index in [0.717, 1.165) is 42.3 Å². The van der Waals surface area contributed by atoms with Crippen molar-refractivity contribution in [3.63, 3.8) is 0 Å². The van der Waals surface area contributed by atoms with Gasteiger partial charge in [0.15, 0.2) is 0 Å². The lowest BCUT2D eigenvalue weighted by Gasteiger charge is -2.27. The molecule has 2 saturated heterocycles. The van der Waals surface area contributed by atoms with Gasteiger partial charge in [0.25, 0.3) is 5.91 Å². The number of nitrogens with zero attached hydrogens (tertiary/aromatic N) is 3. The first-order valence-corrected chi connectivity index (χ1v) is 11.9. The van der Waals surface area contributed by atoms with Gasteiger partial charge in [0.1, 0.15) is 22.7 Å². The van der Waals surface area contributed by atoms with Gasteiger partial charge >= 0.3 is 6.03 Å². The Morgan fingerprint density at radius 2 is 1.85 bits per heavy atom. The van der Waals surface area contributed by atoms with Gasteiger partial charge in [-0.3, -0.25) is 4.79 Å². The van der Waals surface area contributed by atoms with Gasteiger partial charge in [-0.15, -0.1) is 0 Å². The summed E-state index contributed by atoms with van der Waals surface area (Å²) in [6.07, 6.45) is 2.55. The number of rotatable bonds is 5. The average Bonchev–Trinajstić information content (AvgIpc) is 3.06. The number of anilines is 2. The summed E-state index contributed by atoms with van der Waals surface area (Å²) < 4.78 is 11.5. The number of carbonyl (C=O) groups is 2. The molecule has 6 rings (SSSR count). The summed E-state index contributed by atoms with van der Waals surface area (Å²) in [6, 6.07) is 9.54. The summed E-state index contributed by atoms with van der Waals surface area (Å²) in [5, 5.41) is 3.50. The minimum absolute atomic E-state index is 0.243. The van der Waals surface area contributed by atoms with E-state index in [-0.39, 0.29) is 17.5 Å². The van der Waals surface area contributed by atoms with Gasteiger partial charge in [-0.05, 0) is 57.0 Å². The number of hydrogen-bond acceptors (Lipinski definition) is 6. The van der Waals surface area contributed by atoms with Gasteiger partial charge in [0.2, 0.25) is 0 Å². The lowest BCUT2D eigenvalue weighted by Crippen LogP contribution is -2.43. The van der Waals surface area contributed by atoms with E-state index in [4.69, 9.17) is 9.47 Å². The fraction of sp³-hybridized carbons (Fsp3) is 0.500. The van der Waals surface area contributed by atoms with Crippen LogP contribution in [0.5, 0.6) is 5.75 Å². The molecule has 178 valence electrons. The minimum Gasteiger partial charge on any atom is -0.487 e. The topological polar surface area (TPSA) is 84.0 Å². The number of urea groups is 1. The molecule has 4 heterocycles. The quantitative estimate of drug-likeness (QED) is 0.684. The van der Waals surface area contributed by atoms with Gasteiger partial charge in [-0.25, -0.2) is 14.7 Å². The largest absolute Gasteiger partial charge is 0.487 e. The van der Waals surface area contributed by atoms with Crippen molar-refractivity contribution in [3.05, 3.63) is 47.7 Å². The molecule has 3 aliphatic heterocycles. The smallest absolute Gasteiger partial charge is 0.332 e. The molecule has 0 radical (unpaired) electrons. The monoisotopic (exact) mass is 462 g/mol. The third kappa shape index (κ3) is 3.35. The lowest BCUT2D eigenvalue weighted by atomic mass is 10.0. The van der Waals surface area contributed by atoms with Crippen molar-refractivity contribution < 1.29 is 19.1 Å². The molecule has 3 fully saturated rings. The normalized spacial score (nSPS) is 28.1. The number of hydrogen-bond donors (Lipinski definition) is 1. The molecule has 2 aromatic rings. The number of pyridine rings is 1. The third-order valence-electron chi connectivity index (χ3n) is 7.57. The summed E-state index contributed by atoms with van der Waals surface area (Å²) in [5.74, 6) is 2.42. The van der Waals surface area contributed by atoms with Crippen LogP contribution in [0.25, 0.3) is 0 Å². The van der Waals surface area contributed by atoms with Crippen LogP contribution in [0.3, 0.4) is 0 Å². The molecule has 1 aromatic carbocycles. The van der Waals surface area contributed by atoms with E-state index in [0.29, 0.717) is 30.1 Å². The van der Waals surface area contributed by atoms with E-state index in [1.54, 1.807) is 24.9 Å². The van der Waals surface area contributed by atoms with Gasteiger partial charge in [-0.2, -0.15) is 0 Å². The molecule has 34 heavy (non-hydrogen) atoms. The zero-order chi connectivity index (χ0) is 23.8. The van der Waals surface area contributed by atoms with Crippen LogP contribution >= 0.6 is 0 Å².